The molecule has 1 aliphatic heterocycles. The molecule has 0 aliphatic carbocycles. The van der Waals surface area contributed by atoms with E-state index in [9.17, 15) is 18.4 Å². The normalized spacial score (nSPS) is 17.9. The molecule has 1 unspecified atom stereocenters. The van der Waals surface area contributed by atoms with Crippen LogP contribution in [0.15, 0.2) is 18.2 Å². The van der Waals surface area contributed by atoms with Crippen LogP contribution in [0.3, 0.4) is 0 Å². The molecule has 9 heteroatoms. The molecule has 0 spiro atoms. The predicted octanol–water partition coefficient (Wildman–Crippen LogP) is 2.80. The minimum Gasteiger partial charge on any atom is -0.357 e. The number of benzene rings is 1. The van der Waals surface area contributed by atoms with Gasteiger partial charge in [0, 0.05) is 32.2 Å². The number of likely N-dealkylation sites (N-methyl/N-ethyl adjacent to an activating group) is 1. The van der Waals surface area contributed by atoms with E-state index in [1.54, 1.807) is 0 Å². The van der Waals surface area contributed by atoms with E-state index in [2.05, 4.69) is 27.4 Å². The van der Waals surface area contributed by atoms with E-state index >= 15 is 0 Å². The first-order valence-corrected chi connectivity index (χ1v) is 10.7. The summed E-state index contributed by atoms with van der Waals surface area (Å²) in [5, 5.41) is 5.42. The summed E-state index contributed by atoms with van der Waals surface area (Å²) in [5.74, 6) is -2.04. The number of rotatable bonds is 4. The molecule has 3 rings (SSSR count). The summed E-state index contributed by atoms with van der Waals surface area (Å²) in [6.45, 7) is 9.52. The van der Waals surface area contributed by atoms with Crippen molar-refractivity contribution in [2.45, 2.75) is 46.8 Å². The van der Waals surface area contributed by atoms with Crippen molar-refractivity contribution >= 4 is 11.8 Å². The Hall–Kier alpha value is -2.81. The summed E-state index contributed by atoms with van der Waals surface area (Å²) in [4.78, 5) is 32.4. The number of halogens is 2. The highest BCUT2D eigenvalue weighted by Gasteiger charge is 2.35. The number of aromatic nitrogens is 2. The summed E-state index contributed by atoms with van der Waals surface area (Å²) in [6, 6.07) is 2.83. The Bertz CT molecular complexity index is 1030. The van der Waals surface area contributed by atoms with Gasteiger partial charge in [0.05, 0.1) is 5.69 Å². The quantitative estimate of drug-likeness (QED) is 0.756. The van der Waals surface area contributed by atoms with Crippen molar-refractivity contribution in [3.63, 3.8) is 0 Å². The monoisotopic (exact) mass is 447 g/mol. The smallest absolute Gasteiger partial charge is 0.272 e. The lowest BCUT2D eigenvalue weighted by molar-refractivity contribution is -0.124. The number of hydrogen-bond donors (Lipinski definition) is 2. The van der Waals surface area contributed by atoms with Gasteiger partial charge in [-0.15, -0.1) is 0 Å². The van der Waals surface area contributed by atoms with Crippen LogP contribution in [-0.2, 0) is 17.9 Å². The summed E-state index contributed by atoms with van der Waals surface area (Å²) in [6.07, 6.45) is 0. The minimum absolute atomic E-state index is 0.184. The molecule has 7 nitrogen and oxygen atoms in total. The molecule has 2 amide bonds. The summed E-state index contributed by atoms with van der Waals surface area (Å²) < 4.78 is 29.4. The van der Waals surface area contributed by atoms with Gasteiger partial charge in [-0.05, 0) is 36.6 Å². The van der Waals surface area contributed by atoms with E-state index in [0.717, 1.165) is 18.7 Å². The van der Waals surface area contributed by atoms with Crippen molar-refractivity contribution in [2.24, 2.45) is 11.3 Å². The molecule has 0 saturated heterocycles. The lowest BCUT2D eigenvalue weighted by Crippen LogP contribution is -2.53. The Morgan fingerprint density at radius 2 is 1.88 bits per heavy atom. The van der Waals surface area contributed by atoms with E-state index in [1.807, 2.05) is 32.4 Å². The van der Waals surface area contributed by atoms with E-state index in [4.69, 9.17) is 0 Å². The highest BCUT2D eigenvalue weighted by molar-refractivity contribution is 5.97. The number of hydrogen-bond acceptors (Lipinski definition) is 4. The van der Waals surface area contributed by atoms with Gasteiger partial charge in [0.1, 0.15) is 11.9 Å². The predicted molar refractivity (Wildman–Crippen MR) is 118 cm³/mol. The molecule has 0 radical (unpaired) electrons. The van der Waals surface area contributed by atoms with Crippen LogP contribution in [0, 0.1) is 23.0 Å². The highest BCUT2D eigenvalue weighted by Crippen LogP contribution is 2.29. The highest BCUT2D eigenvalue weighted by atomic mass is 19.2. The largest absolute Gasteiger partial charge is 0.357 e. The zero-order valence-corrected chi connectivity index (χ0v) is 19.4. The molecule has 0 bridgehead atoms. The second kappa shape index (κ2) is 8.97. The third-order valence-electron chi connectivity index (χ3n) is 5.65. The number of fused-ring (bicyclic) bond motifs is 1. The molecule has 2 heterocycles. The summed E-state index contributed by atoms with van der Waals surface area (Å²) in [5.41, 5.74) is 0.725. The maximum Gasteiger partial charge on any atom is 0.272 e. The average molecular weight is 448 g/mol. The van der Waals surface area contributed by atoms with Crippen LogP contribution < -0.4 is 10.6 Å². The van der Waals surface area contributed by atoms with Gasteiger partial charge in [-0.2, -0.15) is 0 Å². The van der Waals surface area contributed by atoms with Crippen LogP contribution in [0.25, 0.3) is 11.4 Å². The van der Waals surface area contributed by atoms with Gasteiger partial charge in [-0.25, -0.2) is 13.8 Å². The molecule has 1 aliphatic rings. The van der Waals surface area contributed by atoms with Crippen LogP contribution >= 0.6 is 0 Å². The van der Waals surface area contributed by atoms with Gasteiger partial charge in [-0.3, -0.25) is 9.59 Å². The molecule has 1 aromatic heterocycles. The first-order valence-electron chi connectivity index (χ1n) is 10.7. The number of carbonyl (C=O) groups excluding carboxylic acids is 2. The molecule has 32 heavy (non-hydrogen) atoms. The molecule has 1 aromatic carbocycles. The van der Waals surface area contributed by atoms with Crippen LogP contribution in [0.4, 0.5) is 8.78 Å². The van der Waals surface area contributed by atoms with Gasteiger partial charge in [0.15, 0.2) is 17.3 Å². The lowest BCUT2D eigenvalue weighted by atomic mass is 9.86. The first-order chi connectivity index (χ1) is 14.9. The van der Waals surface area contributed by atoms with E-state index in [0.29, 0.717) is 30.2 Å². The molecule has 2 atom stereocenters. The minimum atomic E-state index is -0.975. The second-order valence-corrected chi connectivity index (χ2v) is 9.66. The number of imidazole rings is 1. The van der Waals surface area contributed by atoms with Crippen LogP contribution in [0.5, 0.6) is 0 Å². The average Bonchev–Trinajstić information content (AvgIpc) is 2.96. The molecular weight excluding hydrogens is 416 g/mol. The van der Waals surface area contributed by atoms with Crippen LogP contribution in [-0.4, -0.2) is 52.9 Å². The molecule has 2 aromatic rings. The number of nitrogens with zero attached hydrogens (tertiary/aromatic N) is 3. The topological polar surface area (TPSA) is 79.3 Å². The van der Waals surface area contributed by atoms with Crippen LogP contribution in [0.1, 0.15) is 43.9 Å². The molecule has 0 fully saturated rings. The van der Waals surface area contributed by atoms with Crippen molar-refractivity contribution in [1.29, 1.82) is 0 Å². The molecule has 2 N–H and O–H groups in total. The Morgan fingerprint density at radius 1 is 1.19 bits per heavy atom. The first kappa shape index (κ1) is 23.8. The summed E-state index contributed by atoms with van der Waals surface area (Å²) >= 11 is 0. The number of carbonyl (C=O) groups is 2. The van der Waals surface area contributed by atoms with Crippen molar-refractivity contribution < 1.29 is 18.4 Å². The Morgan fingerprint density at radius 3 is 2.47 bits per heavy atom. The SMILES string of the molecule is CNC(=O)[C@@H](NC(=O)c1nc(-c2ccc(F)c(F)c2)n2c1CN(C)CC(C)C2)C(C)(C)C. The van der Waals surface area contributed by atoms with E-state index < -0.39 is 29.0 Å². The number of amides is 2. The zero-order chi connectivity index (χ0) is 23.8. The third kappa shape index (κ3) is 4.82. The van der Waals surface area contributed by atoms with Gasteiger partial charge >= 0.3 is 0 Å². The van der Waals surface area contributed by atoms with Crippen molar-refractivity contribution in [2.75, 3.05) is 20.6 Å². The van der Waals surface area contributed by atoms with Crippen molar-refractivity contribution in [3.8, 4) is 11.4 Å². The Labute approximate surface area is 187 Å². The fourth-order valence-electron chi connectivity index (χ4n) is 4.12. The maximum absolute atomic E-state index is 14.0. The molecule has 0 saturated carbocycles. The number of nitrogens with one attached hydrogen (secondary N) is 2. The van der Waals surface area contributed by atoms with E-state index in [-0.39, 0.29) is 17.5 Å². The van der Waals surface area contributed by atoms with Crippen molar-refractivity contribution in [3.05, 3.63) is 41.2 Å². The lowest BCUT2D eigenvalue weighted by Gasteiger charge is -2.29. The molecular formula is C23H31F2N5O2. The standard InChI is InChI=1S/C23H31F2N5O2/c1-13-10-29(6)12-17-18(21(31)28-19(22(32)26-5)23(2,3)4)27-20(30(17)11-13)14-7-8-15(24)16(25)9-14/h7-9,13,19H,10-12H2,1-6H3,(H,26,32)(H,28,31)/t13?,19-/m1/s1. The molecule has 174 valence electrons. The Kier molecular flexibility index (Phi) is 6.69. The fourth-order valence-corrected chi connectivity index (χ4v) is 4.12. The third-order valence-corrected chi connectivity index (χ3v) is 5.65. The summed E-state index contributed by atoms with van der Waals surface area (Å²) in [7, 11) is 3.48. The maximum atomic E-state index is 14.0. The van der Waals surface area contributed by atoms with Gasteiger partial charge in [0.25, 0.3) is 5.91 Å². The van der Waals surface area contributed by atoms with Crippen molar-refractivity contribution in [1.82, 2.24) is 25.1 Å². The van der Waals surface area contributed by atoms with Gasteiger partial charge in [0.2, 0.25) is 5.91 Å². The van der Waals surface area contributed by atoms with Gasteiger partial charge < -0.3 is 20.1 Å². The van der Waals surface area contributed by atoms with E-state index in [1.165, 1.54) is 13.1 Å². The van der Waals surface area contributed by atoms with Gasteiger partial charge in [-0.1, -0.05) is 27.7 Å². The van der Waals surface area contributed by atoms with Crippen LogP contribution in [0.2, 0.25) is 0 Å². The fraction of sp³-hybridized carbons (Fsp3) is 0.522. The second-order valence-electron chi connectivity index (χ2n) is 9.66. The Balaban J connectivity index is 2.10. The zero-order valence-electron chi connectivity index (χ0n) is 19.4.